The number of unbranched alkanes of at least 4 members (excludes halogenated alkanes) is 1. The van der Waals surface area contributed by atoms with E-state index in [-0.39, 0.29) is 47.6 Å². The van der Waals surface area contributed by atoms with Crippen LogP contribution >= 0.6 is 11.3 Å². The summed E-state index contributed by atoms with van der Waals surface area (Å²) in [5, 5.41) is 14.6. The number of ether oxygens (including phenoxy) is 3. The quantitative estimate of drug-likeness (QED) is 0.0545. The molecule has 6 atom stereocenters. The first-order chi connectivity index (χ1) is 25.0. The summed E-state index contributed by atoms with van der Waals surface area (Å²) in [5.41, 5.74) is 2.15. The Morgan fingerprint density at radius 2 is 1.63 bits per heavy atom. The van der Waals surface area contributed by atoms with Crippen molar-refractivity contribution in [2.24, 2.45) is 17.3 Å². The second-order valence-electron chi connectivity index (χ2n) is 17.4. The highest BCUT2D eigenvalue weighted by Crippen LogP contribution is 2.45. The number of aliphatic hydroxyl groups excluding tert-OH is 1. The smallest absolute Gasteiger partial charge is 0.308 e. The third-order valence-electron chi connectivity index (χ3n) is 10.8. The molecule has 1 N–H and O–H groups in total. The molecule has 1 heterocycles. The van der Waals surface area contributed by atoms with E-state index in [0.29, 0.717) is 13.0 Å². The molecule has 10 heteroatoms. The number of carbonyl (C=O) groups excluding carboxylic acids is 2. The summed E-state index contributed by atoms with van der Waals surface area (Å²) in [6.45, 7) is 29.1. The van der Waals surface area contributed by atoms with Gasteiger partial charge in [0.2, 0.25) is 0 Å². The molecule has 0 saturated carbocycles. The van der Waals surface area contributed by atoms with Gasteiger partial charge in [-0.3, -0.25) is 9.59 Å². The molecule has 0 aliphatic heterocycles. The van der Waals surface area contributed by atoms with Gasteiger partial charge in [0.1, 0.15) is 6.10 Å². The van der Waals surface area contributed by atoms with Crippen molar-refractivity contribution in [1.29, 1.82) is 0 Å². The lowest BCUT2D eigenvalue weighted by atomic mass is 9.71. The van der Waals surface area contributed by atoms with Crippen LogP contribution in [-0.2, 0) is 34.8 Å². The maximum atomic E-state index is 12.8. The van der Waals surface area contributed by atoms with E-state index in [1.54, 1.807) is 11.3 Å². The molecular weight excluding hydrogens is 715 g/mol. The van der Waals surface area contributed by atoms with Crippen LogP contribution in [0.2, 0.25) is 18.1 Å². The maximum absolute atomic E-state index is 12.8. The van der Waals surface area contributed by atoms with Gasteiger partial charge in [0.05, 0.1) is 48.1 Å². The summed E-state index contributed by atoms with van der Waals surface area (Å²) in [4.78, 5) is 29.2. The summed E-state index contributed by atoms with van der Waals surface area (Å²) in [6.07, 6.45) is 7.32. The first-order valence-corrected chi connectivity index (χ1v) is 23.5. The van der Waals surface area contributed by atoms with Crippen molar-refractivity contribution in [3.63, 3.8) is 0 Å². The van der Waals surface area contributed by atoms with Gasteiger partial charge in [0.15, 0.2) is 8.32 Å². The summed E-state index contributed by atoms with van der Waals surface area (Å²) in [7, 11) is -2.34. The van der Waals surface area contributed by atoms with Crippen molar-refractivity contribution >= 4 is 37.7 Å². The van der Waals surface area contributed by atoms with E-state index < -0.39 is 31.9 Å². The number of rotatable bonds is 22. The van der Waals surface area contributed by atoms with Crippen LogP contribution in [0.15, 0.2) is 53.4 Å². The van der Waals surface area contributed by atoms with Gasteiger partial charge in [0.25, 0.3) is 0 Å². The number of allylic oxidation sites excluding steroid dienone is 1. The van der Waals surface area contributed by atoms with Crippen LogP contribution in [0.4, 0.5) is 0 Å². The van der Waals surface area contributed by atoms with E-state index in [1.807, 2.05) is 71.2 Å². The van der Waals surface area contributed by atoms with Crippen LogP contribution in [-0.4, -0.2) is 60.9 Å². The number of hydrogen-bond acceptors (Lipinski definition) is 9. The van der Waals surface area contributed by atoms with Crippen LogP contribution < -0.4 is 0 Å². The van der Waals surface area contributed by atoms with E-state index in [0.717, 1.165) is 41.1 Å². The molecule has 8 nitrogen and oxygen atoms in total. The van der Waals surface area contributed by atoms with E-state index in [9.17, 15) is 14.7 Å². The second-order valence-corrected chi connectivity index (χ2v) is 23.2. The van der Waals surface area contributed by atoms with Gasteiger partial charge in [-0.2, -0.15) is 0 Å². The third-order valence-corrected chi connectivity index (χ3v) is 16.0. The van der Waals surface area contributed by atoms with Gasteiger partial charge in [-0.05, 0) is 88.2 Å². The molecule has 0 fully saturated rings. The van der Waals surface area contributed by atoms with Gasteiger partial charge < -0.3 is 23.7 Å². The average molecular weight is 786 g/mol. The molecule has 304 valence electrons. The molecule has 0 amide bonds. The molecule has 1 aromatic carbocycles. The number of benzene rings is 1. The van der Waals surface area contributed by atoms with Gasteiger partial charge in [0, 0.05) is 30.1 Å². The molecule has 0 unspecified atom stereocenters. The molecule has 54 heavy (non-hydrogen) atoms. The average Bonchev–Trinajstić information content (AvgIpc) is 3.47. The minimum atomic E-state index is -2.34. The maximum Gasteiger partial charge on any atom is 0.308 e. The van der Waals surface area contributed by atoms with Crippen molar-refractivity contribution in [3.8, 4) is 0 Å². The van der Waals surface area contributed by atoms with Crippen LogP contribution in [0, 0.1) is 24.2 Å². The van der Waals surface area contributed by atoms with E-state index >= 15 is 0 Å². The highest BCUT2D eigenvalue weighted by molar-refractivity contribution is 7.09. The number of aryl methyl sites for hydroxylation is 1. The standard InChI is InChI=1S/C44H71NO7SSi/c1-30(2)50-40(48)27-39(47)44(11,12)42(52-54(13,14)43(8,9)10)33(5)41(49-28-36-23-19-17-20-24-36)31(3)22-18-15-16-21-25-38(51-35(7)46)32(4)26-37-29-53-34(6)45-37/h16-17,19-21,23-24,26,29-31,33,38-39,41-42,47H,15,18,22,25,27-28H2,1-14H3/b21-16-,32-26+/t31-,33+,38-,39-,41-,42+/m0/s1. The number of thiazole rings is 1. The zero-order chi connectivity index (χ0) is 40.9. The topological polar surface area (TPSA) is 104 Å². The molecule has 0 saturated heterocycles. The van der Waals surface area contributed by atoms with E-state index in [1.165, 1.54) is 6.92 Å². The first-order valence-electron chi connectivity index (χ1n) is 19.7. The van der Waals surface area contributed by atoms with Crippen molar-refractivity contribution in [2.75, 3.05) is 0 Å². The Balaban J connectivity index is 2.31. The summed E-state index contributed by atoms with van der Waals surface area (Å²) in [5.74, 6) is -0.661. The molecule has 1 aromatic heterocycles. The second kappa shape index (κ2) is 21.6. The predicted molar refractivity (Wildman–Crippen MR) is 225 cm³/mol. The van der Waals surface area contributed by atoms with Gasteiger partial charge in [-0.1, -0.05) is 91.0 Å². The Labute approximate surface area is 332 Å². The Bertz CT molecular complexity index is 1490. The lowest BCUT2D eigenvalue weighted by Gasteiger charge is -2.50. The molecule has 0 bridgehead atoms. The number of aliphatic hydroxyl groups is 1. The predicted octanol–water partition coefficient (Wildman–Crippen LogP) is 10.9. The van der Waals surface area contributed by atoms with Crippen molar-refractivity contribution < 1.29 is 33.3 Å². The molecule has 0 radical (unpaired) electrons. The fraction of sp³-hybridized carbons (Fsp3) is 0.659. The Hall–Kier alpha value is -2.63. The van der Waals surface area contributed by atoms with E-state index in [4.69, 9.17) is 18.6 Å². The first kappa shape index (κ1) is 47.5. The van der Waals surface area contributed by atoms with Crippen LogP contribution in [0.1, 0.15) is 125 Å². The van der Waals surface area contributed by atoms with Crippen LogP contribution in [0.3, 0.4) is 0 Å². The highest BCUT2D eigenvalue weighted by Gasteiger charge is 2.49. The molecule has 0 spiro atoms. The van der Waals surface area contributed by atoms with E-state index in [2.05, 4.69) is 77.0 Å². The molecule has 2 rings (SSSR count). The Morgan fingerprint density at radius 3 is 2.19 bits per heavy atom. The molecule has 0 aliphatic carbocycles. The van der Waals surface area contributed by atoms with Crippen molar-refractivity contribution in [3.05, 3.63) is 69.7 Å². The van der Waals surface area contributed by atoms with Gasteiger partial charge >= 0.3 is 11.9 Å². The molecular formula is C44H71NO7SSi. The fourth-order valence-electron chi connectivity index (χ4n) is 6.49. The highest BCUT2D eigenvalue weighted by atomic mass is 32.1. The fourth-order valence-corrected chi connectivity index (χ4v) is 8.56. The largest absolute Gasteiger partial charge is 0.463 e. The van der Waals surface area contributed by atoms with Gasteiger partial charge in [-0.15, -0.1) is 11.3 Å². The van der Waals surface area contributed by atoms with Crippen LogP contribution in [0.5, 0.6) is 0 Å². The lowest BCUT2D eigenvalue weighted by molar-refractivity contribution is -0.156. The summed E-state index contributed by atoms with van der Waals surface area (Å²) < 4.78 is 25.2. The number of nitrogens with zero attached hydrogens (tertiary/aromatic N) is 1. The third kappa shape index (κ3) is 15.5. The van der Waals surface area contributed by atoms with Crippen LogP contribution in [0.25, 0.3) is 6.08 Å². The minimum Gasteiger partial charge on any atom is -0.463 e. The number of hydrogen-bond donors (Lipinski definition) is 1. The van der Waals surface area contributed by atoms with Crippen molar-refractivity contribution in [1.82, 2.24) is 4.98 Å². The summed E-state index contributed by atoms with van der Waals surface area (Å²) >= 11 is 1.60. The zero-order valence-electron chi connectivity index (χ0n) is 35.7. The summed E-state index contributed by atoms with van der Waals surface area (Å²) in [6, 6.07) is 10.2. The normalized spacial score (nSPS) is 16.6. The Morgan fingerprint density at radius 1 is 0.981 bits per heavy atom. The minimum absolute atomic E-state index is 0.0659. The zero-order valence-corrected chi connectivity index (χ0v) is 37.5. The number of carbonyl (C=O) groups is 2. The SMILES string of the molecule is CC(=O)O[C@@H](C/C=C\CCC[C@H](C)[C@H](OCc1ccccc1)[C@@H](C)[C@@H](O[Si](C)(C)C(C)(C)C)C(C)(C)[C@@H](O)CC(=O)OC(C)C)/C(C)=C/c1csc(C)n1. The lowest BCUT2D eigenvalue weighted by Crippen LogP contribution is -2.56. The van der Waals surface area contributed by atoms with Gasteiger partial charge in [-0.25, -0.2) is 4.98 Å². The molecule has 2 aromatic rings. The van der Waals surface area contributed by atoms with Crippen molar-refractivity contribution in [2.45, 2.75) is 170 Å². The Kier molecular flexibility index (Phi) is 19.0. The monoisotopic (exact) mass is 785 g/mol. The molecule has 0 aliphatic rings. The number of aromatic nitrogens is 1. The number of esters is 2.